The van der Waals surface area contributed by atoms with Crippen molar-refractivity contribution >= 4 is 17.5 Å². The highest BCUT2D eigenvalue weighted by Gasteiger charge is 2.19. The van der Waals surface area contributed by atoms with Crippen molar-refractivity contribution in [2.75, 3.05) is 6.54 Å². The molecule has 0 saturated heterocycles. The Morgan fingerprint density at radius 3 is 3.00 bits per heavy atom. The minimum atomic E-state index is -0.529. The van der Waals surface area contributed by atoms with Crippen LogP contribution in [0.25, 0.3) is 0 Å². The molecule has 0 radical (unpaired) electrons. The second-order valence-corrected chi connectivity index (χ2v) is 6.24. The summed E-state index contributed by atoms with van der Waals surface area (Å²) in [4.78, 5) is 11.9. The summed E-state index contributed by atoms with van der Waals surface area (Å²) in [7, 11) is 0. The lowest BCUT2D eigenvalue weighted by Gasteiger charge is -2.26. The van der Waals surface area contributed by atoms with Crippen LogP contribution in [0.4, 0.5) is 4.39 Å². The van der Waals surface area contributed by atoms with Gasteiger partial charge in [-0.3, -0.25) is 4.79 Å². The van der Waals surface area contributed by atoms with E-state index in [1.807, 2.05) is 0 Å². The first kappa shape index (κ1) is 15.3. The highest BCUT2D eigenvalue weighted by molar-refractivity contribution is 6.30. The average Bonchev–Trinajstić information content (AvgIpc) is 2.41. The summed E-state index contributed by atoms with van der Waals surface area (Å²) >= 11 is 5.79. The second kappa shape index (κ2) is 7.07. The highest BCUT2D eigenvalue weighted by Crippen LogP contribution is 2.30. The summed E-state index contributed by atoms with van der Waals surface area (Å²) in [5, 5.41) is 3.16. The molecule has 0 heterocycles. The predicted molar refractivity (Wildman–Crippen MR) is 79.5 cm³/mol. The molecule has 0 aliphatic heterocycles. The minimum absolute atomic E-state index is 0.0227. The normalized spacial score (nSPS) is 22.6. The molecule has 1 fully saturated rings. The maximum atomic E-state index is 13.5. The molecule has 1 aromatic carbocycles. The molecule has 1 N–H and O–H groups in total. The number of nitrogens with one attached hydrogen (secondary N) is 1. The van der Waals surface area contributed by atoms with Gasteiger partial charge in [0, 0.05) is 11.6 Å². The second-order valence-electron chi connectivity index (χ2n) is 5.81. The Bertz CT molecular complexity index is 478. The monoisotopic (exact) mass is 297 g/mol. The van der Waals surface area contributed by atoms with Crippen molar-refractivity contribution < 1.29 is 9.18 Å². The lowest BCUT2D eigenvalue weighted by molar-refractivity contribution is 0.0945. The third-order valence-electron chi connectivity index (χ3n) is 4.06. The van der Waals surface area contributed by atoms with Crippen molar-refractivity contribution in [1.29, 1.82) is 0 Å². The van der Waals surface area contributed by atoms with Gasteiger partial charge in [-0.1, -0.05) is 37.8 Å². The molecule has 2 unspecified atom stereocenters. The number of carbonyl (C=O) groups excluding carboxylic acids is 1. The first-order chi connectivity index (χ1) is 9.56. The van der Waals surface area contributed by atoms with Gasteiger partial charge in [-0.15, -0.1) is 0 Å². The summed E-state index contributed by atoms with van der Waals surface area (Å²) < 4.78 is 13.5. The van der Waals surface area contributed by atoms with Gasteiger partial charge in [0.25, 0.3) is 5.91 Å². The fourth-order valence-corrected chi connectivity index (χ4v) is 3.15. The molecule has 1 aliphatic carbocycles. The number of hydrogen-bond donors (Lipinski definition) is 1. The van der Waals surface area contributed by atoms with Crippen molar-refractivity contribution in [1.82, 2.24) is 5.32 Å². The van der Waals surface area contributed by atoms with Gasteiger partial charge in [0.05, 0.1) is 5.56 Å². The highest BCUT2D eigenvalue weighted by atomic mass is 35.5. The summed E-state index contributed by atoms with van der Waals surface area (Å²) in [6.07, 6.45) is 6.05. The number of benzene rings is 1. The molecular formula is C16H21ClFNO. The Hall–Kier alpha value is -1.09. The van der Waals surface area contributed by atoms with Gasteiger partial charge in [0.1, 0.15) is 5.82 Å². The Kier molecular flexibility index (Phi) is 5.41. The first-order valence-corrected chi connectivity index (χ1v) is 7.67. The number of carbonyl (C=O) groups is 1. The fraction of sp³-hybridized carbons (Fsp3) is 0.562. The van der Waals surface area contributed by atoms with Crippen LogP contribution in [0.15, 0.2) is 18.2 Å². The SMILES string of the molecule is CC1CCCC(CCNC(=O)c2cc(Cl)ccc2F)C1. The number of amides is 1. The van der Waals surface area contributed by atoms with Gasteiger partial charge in [0.2, 0.25) is 0 Å². The van der Waals surface area contributed by atoms with Crippen molar-refractivity contribution in [2.24, 2.45) is 11.8 Å². The van der Waals surface area contributed by atoms with Crippen LogP contribution in [0.2, 0.25) is 5.02 Å². The van der Waals surface area contributed by atoms with Gasteiger partial charge >= 0.3 is 0 Å². The predicted octanol–water partition coefficient (Wildman–Crippen LogP) is 4.43. The van der Waals surface area contributed by atoms with E-state index in [9.17, 15) is 9.18 Å². The quantitative estimate of drug-likeness (QED) is 0.875. The number of rotatable bonds is 4. The molecule has 1 aliphatic rings. The van der Waals surface area contributed by atoms with E-state index in [0.29, 0.717) is 17.5 Å². The van der Waals surface area contributed by atoms with Gasteiger partial charge in [-0.2, -0.15) is 0 Å². The van der Waals surface area contributed by atoms with Crippen molar-refractivity contribution in [3.8, 4) is 0 Å². The third-order valence-corrected chi connectivity index (χ3v) is 4.29. The summed E-state index contributed by atoms with van der Waals surface area (Å²) in [6.45, 7) is 2.88. The molecule has 1 saturated carbocycles. The van der Waals surface area contributed by atoms with Crippen LogP contribution < -0.4 is 5.32 Å². The van der Waals surface area contributed by atoms with Crippen LogP contribution in [0.1, 0.15) is 49.4 Å². The summed E-state index contributed by atoms with van der Waals surface area (Å²) in [5.41, 5.74) is 0.0227. The molecule has 1 aromatic rings. The zero-order valence-electron chi connectivity index (χ0n) is 11.8. The van der Waals surface area contributed by atoms with Gasteiger partial charge < -0.3 is 5.32 Å². The van der Waals surface area contributed by atoms with E-state index >= 15 is 0 Å². The Labute approximate surface area is 124 Å². The first-order valence-electron chi connectivity index (χ1n) is 7.29. The standard InChI is InChI=1S/C16H21ClFNO/c1-11-3-2-4-12(9-11)7-8-19-16(20)14-10-13(17)5-6-15(14)18/h5-6,10-12H,2-4,7-9H2,1H3,(H,19,20). The minimum Gasteiger partial charge on any atom is -0.352 e. The molecule has 2 atom stereocenters. The topological polar surface area (TPSA) is 29.1 Å². The van der Waals surface area contributed by atoms with E-state index in [2.05, 4.69) is 12.2 Å². The largest absolute Gasteiger partial charge is 0.352 e. The maximum Gasteiger partial charge on any atom is 0.254 e. The summed E-state index contributed by atoms with van der Waals surface area (Å²) in [5.74, 6) is 0.560. The van der Waals surface area contributed by atoms with Gasteiger partial charge in [-0.05, 0) is 42.9 Å². The van der Waals surface area contributed by atoms with E-state index in [4.69, 9.17) is 11.6 Å². The third kappa shape index (κ3) is 4.20. The lowest BCUT2D eigenvalue weighted by atomic mass is 9.81. The van der Waals surface area contributed by atoms with E-state index in [1.54, 1.807) is 0 Å². The van der Waals surface area contributed by atoms with Gasteiger partial charge in [0.15, 0.2) is 0 Å². The Morgan fingerprint density at radius 2 is 2.25 bits per heavy atom. The molecule has 0 bridgehead atoms. The average molecular weight is 298 g/mol. The molecule has 1 amide bonds. The van der Waals surface area contributed by atoms with E-state index in [1.165, 1.54) is 43.9 Å². The maximum absolute atomic E-state index is 13.5. The number of hydrogen-bond acceptors (Lipinski definition) is 1. The van der Waals surface area contributed by atoms with Crippen LogP contribution in [0.5, 0.6) is 0 Å². The van der Waals surface area contributed by atoms with Crippen molar-refractivity contribution in [3.05, 3.63) is 34.6 Å². The van der Waals surface area contributed by atoms with E-state index in [-0.39, 0.29) is 11.5 Å². The van der Waals surface area contributed by atoms with Crippen LogP contribution in [-0.4, -0.2) is 12.5 Å². The molecule has 110 valence electrons. The molecule has 2 nitrogen and oxygen atoms in total. The Balaban J connectivity index is 1.81. The van der Waals surface area contributed by atoms with Crippen molar-refractivity contribution in [3.63, 3.8) is 0 Å². The van der Waals surface area contributed by atoms with E-state index < -0.39 is 5.82 Å². The van der Waals surface area contributed by atoms with Crippen LogP contribution >= 0.6 is 11.6 Å². The Morgan fingerprint density at radius 1 is 1.45 bits per heavy atom. The van der Waals surface area contributed by atoms with Crippen LogP contribution in [0.3, 0.4) is 0 Å². The van der Waals surface area contributed by atoms with Crippen LogP contribution in [0, 0.1) is 17.7 Å². The fourth-order valence-electron chi connectivity index (χ4n) is 2.98. The molecule has 4 heteroatoms. The molecule has 20 heavy (non-hydrogen) atoms. The van der Waals surface area contributed by atoms with Crippen molar-refractivity contribution in [2.45, 2.75) is 39.0 Å². The lowest BCUT2D eigenvalue weighted by Crippen LogP contribution is -2.27. The molecular weight excluding hydrogens is 277 g/mol. The van der Waals surface area contributed by atoms with Gasteiger partial charge in [-0.25, -0.2) is 4.39 Å². The number of halogens is 2. The van der Waals surface area contributed by atoms with E-state index in [0.717, 1.165) is 12.3 Å². The zero-order chi connectivity index (χ0) is 14.5. The molecule has 0 aromatic heterocycles. The molecule has 2 rings (SSSR count). The smallest absolute Gasteiger partial charge is 0.254 e. The zero-order valence-corrected chi connectivity index (χ0v) is 12.5. The van der Waals surface area contributed by atoms with Crippen LogP contribution in [-0.2, 0) is 0 Å². The summed E-state index contributed by atoms with van der Waals surface area (Å²) in [6, 6.07) is 4.03. The molecule has 0 spiro atoms.